The zero-order valence-electron chi connectivity index (χ0n) is 15.0. The molecular weight excluding hydrogens is 412 g/mol. The molecule has 0 saturated carbocycles. The van der Waals surface area contributed by atoms with Gasteiger partial charge in [-0.3, -0.25) is 24.0 Å². The smallest absolute Gasteiger partial charge is 0.352 e. The highest BCUT2D eigenvalue weighted by Gasteiger charge is 2.54. The van der Waals surface area contributed by atoms with Crippen LogP contribution in [0.2, 0.25) is 5.02 Å². The molecule has 2 aliphatic rings. The Bertz CT molecular complexity index is 878. The van der Waals surface area contributed by atoms with Crippen LogP contribution in [-0.2, 0) is 30.5 Å². The minimum absolute atomic E-state index is 0.117. The third-order valence-electron chi connectivity index (χ3n) is 4.21. The number of halogens is 1. The molecule has 150 valence electrons. The number of hydrogen-bond acceptors (Lipinski definition) is 7. The molecule has 0 bridgehead atoms. The number of carboxylic acid groups (broad SMARTS) is 1. The van der Waals surface area contributed by atoms with E-state index in [1.165, 1.54) is 29.6 Å². The number of aryl methyl sites for hydroxylation is 1. The second kappa shape index (κ2) is 7.84. The molecule has 10 nitrogen and oxygen atoms in total. The first-order valence-electron chi connectivity index (χ1n) is 8.21. The van der Waals surface area contributed by atoms with Gasteiger partial charge in [0, 0.05) is 24.4 Å². The fraction of sp³-hybridized carbons (Fsp3) is 0.438. The van der Waals surface area contributed by atoms with Gasteiger partial charge in [0.15, 0.2) is 0 Å². The van der Waals surface area contributed by atoms with Crippen molar-refractivity contribution in [1.29, 1.82) is 0 Å². The second-order valence-electron chi connectivity index (χ2n) is 6.25. The van der Waals surface area contributed by atoms with Crippen LogP contribution in [0.4, 0.5) is 0 Å². The zero-order valence-corrected chi connectivity index (χ0v) is 16.5. The monoisotopic (exact) mass is 428 g/mol. The largest absolute Gasteiger partial charge is 0.477 e. The molecule has 3 rings (SSSR count). The Kier molecular flexibility index (Phi) is 5.66. The summed E-state index contributed by atoms with van der Waals surface area (Å²) in [5, 5.41) is 16.1. The summed E-state index contributed by atoms with van der Waals surface area (Å²) in [6.07, 6.45) is 1.51. The molecular formula is C16H17ClN4O6S. The van der Waals surface area contributed by atoms with Crippen molar-refractivity contribution in [1.82, 2.24) is 20.0 Å². The first-order valence-corrected chi connectivity index (χ1v) is 9.64. The maximum absolute atomic E-state index is 12.5. The third-order valence-corrected chi connectivity index (χ3v) is 5.92. The van der Waals surface area contributed by atoms with Crippen molar-refractivity contribution in [2.24, 2.45) is 0 Å². The molecule has 1 fully saturated rings. The van der Waals surface area contributed by atoms with E-state index in [1.807, 2.05) is 0 Å². The van der Waals surface area contributed by atoms with E-state index in [0.29, 0.717) is 16.3 Å². The van der Waals surface area contributed by atoms with Crippen molar-refractivity contribution in [2.45, 2.75) is 31.8 Å². The van der Waals surface area contributed by atoms with Crippen LogP contribution in [0.25, 0.3) is 0 Å². The standard InChI is InChI=1S/C16H17ClN4O6S/c1-7-10(17)3-20(19-7)4-11(23)18-12-14(24)21-13(16(25)26)9(5-27-8(2)22)6-28-15(12)21/h3,12,15H,4-6H2,1-2H3,(H,18,23)(H,25,26)/t12-,15+/m1/s1. The predicted molar refractivity (Wildman–Crippen MR) is 98.3 cm³/mol. The quantitative estimate of drug-likeness (QED) is 0.483. The van der Waals surface area contributed by atoms with Gasteiger partial charge in [-0.05, 0) is 6.92 Å². The van der Waals surface area contributed by atoms with E-state index in [4.69, 9.17) is 16.3 Å². The normalized spacial score (nSPS) is 21.1. The van der Waals surface area contributed by atoms with Crippen molar-refractivity contribution in [3.05, 3.63) is 28.2 Å². The summed E-state index contributed by atoms with van der Waals surface area (Å²) in [7, 11) is 0. The number of amides is 2. The van der Waals surface area contributed by atoms with Crippen molar-refractivity contribution in [3.63, 3.8) is 0 Å². The van der Waals surface area contributed by atoms with E-state index in [0.717, 1.165) is 4.90 Å². The van der Waals surface area contributed by atoms with Gasteiger partial charge in [-0.2, -0.15) is 5.10 Å². The molecule has 0 spiro atoms. The van der Waals surface area contributed by atoms with Crippen molar-refractivity contribution in [2.75, 3.05) is 12.4 Å². The predicted octanol–water partition coefficient (Wildman–Crippen LogP) is 0.147. The Balaban J connectivity index is 1.68. The summed E-state index contributed by atoms with van der Waals surface area (Å²) in [6.45, 7) is 2.61. The SMILES string of the molecule is CC(=O)OCC1=C(C(=O)O)N2C(=O)[C@@H](NC(=O)Cn3cc(Cl)c(C)n3)[C@@H]2SC1. The van der Waals surface area contributed by atoms with E-state index in [1.54, 1.807) is 6.92 Å². The maximum Gasteiger partial charge on any atom is 0.352 e. The zero-order chi connectivity index (χ0) is 20.6. The number of carbonyl (C=O) groups is 4. The van der Waals surface area contributed by atoms with E-state index in [-0.39, 0.29) is 24.6 Å². The van der Waals surface area contributed by atoms with Crippen LogP contribution in [0.15, 0.2) is 17.5 Å². The van der Waals surface area contributed by atoms with Gasteiger partial charge < -0.3 is 15.2 Å². The summed E-state index contributed by atoms with van der Waals surface area (Å²) >= 11 is 7.20. The highest BCUT2D eigenvalue weighted by Crippen LogP contribution is 2.40. The number of ether oxygens (including phenoxy) is 1. The van der Waals surface area contributed by atoms with E-state index in [9.17, 15) is 24.3 Å². The number of thioether (sulfide) groups is 1. The van der Waals surface area contributed by atoms with Crippen LogP contribution in [0.3, 0.4) is 0 Å². The van der Waals surface area contributed by atoms with Gasteiger partial charge in [-0.15, -0.1) is 11.8 Å². The molecule has 1 aromatic rings. The second-order valence-corrected chi connectivity index (χ2v) is 7.76. The molecule has 1 aromatic heterocycles. The van der Waals surface area contributed by atoms with Crippen LogP contribution < -0.4 is 5.32 Å². The maximum atomic E-state index is 12.5. The topological polar surface area (TPSA) is 131 Å². The first kappa shape index (κ1) is 20.2. The lowest BCUT2D eigenvalue weighted by Gasteiger charge is -2.49. The summed E-state index contributed by atoms with van der Waals surface area (Å²) < 4.78 is 6.24. The van der Waals surface area contributed by atoms with Crippen LogP contribution >= 0.6 is 23.4 Å². The molecule has 3 heterocycles. The first-order chi connectivity index (χ1) is 13.2. The fourth-order valence-corrected chi connectivity index (χ4v) is 4.40. The number of nitrogens with zero attached hydrogens (tertiary/aromatic N) is 3. The molecule has 0 radical (unpaired) electrons. The van der Waals surface area contributed by atoms with Crippen molar-refractivity contribution >= 4 is 47.1 Å². The average molecular weight is 429 g/mol. The molecule has 28 heavy (non-hydrogen) atoms. The number of carboxylic acids is 1. The molecule has 2 atom stereocenters. The molecule has 12 heteroatoms. The van der Waals surface area contributed by atoms with E-state index >= 15 is 0 Å². The van der Waals surface area contributed by atoms with Crippen LogP contribution in [0.1, 0.15) is 12.6 Å². The number of β-lactam (4-membered cyclic amide) rings is 1. The van der Waals surface area contributed by atoms with Crippen LogP contribution in [0, 0.1) is 6.92 Å². The van der Waals surface area contributed by atoms with Gasteiger partial charge in [-0.1, -0.05) is 11.6 Å². The van der Waals surface area contributed by atoms with Gasteiger partial charge in [-0.25, -0.2) is 4.79 Å². The minimum Gasteiger partial charge on any atom is -0.477 e. The van der Waals surface area contributed by atoms with Gasteiger partial charge in [0.1, 0.15) is 30.3 Å². The Morgan fingerprint density at radius 2 is 2.18 bits per heavy atom. The summed E-state index contributed by atoms with van der Waals surface area (Å²) in [6, 6.07) is -0.839. The number of esters is 1. The van der Waals surface area contributed by atoms with Crippen LogP contribution in [-0.4, -0.2) is 67.3 Å². The number of rotatable bonds is 6. The molecule has 1 saturated heterocycles. The molecule has 0 aliphatic carbocycles. The number of aromatic nitrogens is 2. The van der Waals surface area contributed by atoms with Gasteiger partial charge in [0.25, 0.3) is 5.91 Å². The van der Waals surface area contributed by atoms with Gasteiger partial charge in [0.2, 0.25) is 5.91 Å². The molecule has 2 amide bonds. The Labute approximate surface area is 168 Å². The lowest BCUT2D eigenvalue weighted by Crippen LogP contribution is -2.70. The number of carbonyl (C=O) groups excluding carboxylic acids is 3. The van der Waals surface area contributed by atoms with Crippen LogP contribution in [0.5, 0.6) is 0 Å². The van der Waals surface area contributed by atoms with E-state index in [2.05, 4.69) is 10.4 Å². The highest BCUT2D eigenvalue weighted by atomic mass is 35.5. The minimum atomic E-state index is -1.28. The lowest BCUT2D eigenvalue weighted by molar-refractivity contribution is -0.151. The number of nitrogens with one attached hydrogen (secondary N) is 1. The van der Waals surface area contributed by atoms with E-state index < -0.39 is 35.2 Å². The summed E-state index contributed by atoms with van der Waals surface area (Å²) in [5.41, 5.74) is 0.721. The Hall–Kier alpha value is -2.53. The highest BCUT2D eigenvalue weighted by molar-refractivity contribution is 8.00. The van der Waals surface area contributed by atoms with Gasteiger partial charge >= 0.3 is 11.9 Å². The average Bonchev–Trinajstić information content (AvgIpc) is 2.93. The molecule has 2 N–H and O–H groups in total. The van der Waals surface area contributed by atoms with Gasteiger partial charge in [0.05, 0.1) is 10.7 Å². The van der Waals surface area contributed by atoms with Crippen molar-refractivity contribution < 1.29 is 29.0 Å². The molecule has 2 aliphatic heterocycles. The summed E-state index contributed by atoms with van der Waals surface area (Å²) in [5.74, 6) is -2.53. The summed E-state index contributed by atoms with van der Waals surface area (Å²) in [4.78, 5) is 48.5. The Morgan fingerprint density at radius 1 is 1.46 bits per heavy atom. The third kappa shape index (κ3) is 3.85. The lowest BCUT2D eigenvalue weighted by atomic mass is 10.0. The Morgan fingerprint density at radius 3 is 2.75 bits per heavy atom. The fourth-order valence-electron chi connectivity index (χ4n) is 2.92. The number of fused-ring (bicyclic) bond motifs is 1. The molecule has 0 aromatic carbocycles. The number of hydrogen-bond donors (Lipinski definition) is 2. The molecule has 0 unspecified atom stereocenters. The van der Waals surface area contributed by atoms with Crippen molar-refractivity contribution in [3.8, 4) is 0 Å². The number of aliphatic carboxylic acids is 1.